The van der Waals surface area contributed by atoms with E-state index in [1.54, 1.807) is 12.1 Å². The quantitative estimate of drug-likeness (QED) is 0.842. The van der Waals surface area contributed by atoms with Crippen LogP contribution in [0.2, 0.25) is 10.0 Å². The fourth-order valence-corrected chi connectivity index (χ4v) is 1.47. The molecule has 0 heterocycles. The average Bonchev–Trinajstić information content (AvgIpc) is 2.09. The highest BCUT2D eigenvalue weighted by Crippen LogP contribution is 2.22. The number of benzene rings is 1. The van der Waals surface area contributed by atoms with Gasteiger partial charge in [-0.15, -0.1) is 0 Å². The predicted octanol–water partition coefficient (Wildman–Crippen LogP) is 1.98. The molecule has 0 saturated heterocycles. The Hall–Kier alpha value is -0.770. The Morgan fingerprint density at radius 1 is 1.43 bits per heavy atom. The molecule has 0 radical (unpaired) electrons. The van der Waals surface area contributed by atoms with Gasteiger partial charge in [-0.25, -0.2) is 4.79 Å². The molecule has 1 aromatic carbocycles. The minimum Gasteiger partial charge on any atom is -0.479 e. The van der Waals surface area contributed by atoms with Crippen LogP contribution in [-0.4, -0.2) is 22.3 Å². The molecule has 0 saturated carbocycles. The zero-order valence-electron chi connectivity index (χ0n) is 7.08. The van der Waals surface area contributed by atoms with Crippen LogP contribution in [0.15, 0.2) is 18.2 Å². The molecule has 2 N–H and O–H groups in total. The zero-order valence-corrected chi connectivity index (χ0v) is 8.59. The topological polar surface area (TPSA) is 57.5 Å². The van der Waals surface area contributed by atoms with E-state index in [1.807, 2.05) is 0 Å². The predicted molar refractivity (Wildman–Crippen MR) is 53.8 cm³/mol. The smallest absolute Gasteiger partial charge is 0.332 e. The molecule has 0 spiro atoms. The lowest BCUT2D eigenvalue weighted by Crippen LogP contribution is -2.22. The van der Waals surface area contributed by atoms with E-state index in [0.29, 0.717) is 15.6 Å². The number of hydrogen-bond donors (Lipinski definition) is 2. The Morgan fingerprint density at radius 2 is 2.07 bits per heavy atom. The Bertz CT molecular complexity index is 352. The second-order valence-electron chi connectivity index (χ2n) is 2.79. The van der Waals surface area contributed by atoms with Crippen LogP contribution in [0, 0.1) is 0 Å². The van der Waals surface area contributed by atoms with E-state index in [0.717, 1.165) is 0 Å². The third-order valence-corrected chi connectivity index (χ3v) is 2.30. The van der Waals surface area contributed by atoms with Gasteiger partial charge in [0.25, 0.3) is 0 Å². The first-order valence-electron chi connectivity index (χ1n) is 3.85. The number of carboxylic acids is 1. The molecule has 1 atom stereocenters. The lowest BCUT2D eigenvalue weighted by atomic mass is 10.1. The van der Waals surface area contributed by atoms with Gasteiger partial charge >= 0.3 is 5.97 Å². The van der Waals surface area contributed by atoms with Gasteiger partial charge in [0.2, 0.25) is 0 Å². The first kappa shape index (κ1) is 11.3. The van der Waals surface area contributed by atoms with Crippen molar-refractivity contribution in [3.63, 3.8) is 0 Å². The molecule has 1 rings (SSSR count). The largest absolute Gasteiger partial charge is 0.479 e. The van der Waals surface area contributed by atoms with Crippen molar-refractivity contribution in [3.8, 4) is 0 Å². The molecular weight excluding hydrogens is 227 g/mol. The molecular formula is C9H8Cl2O3. The van der Waals surface area contributed by atoms with Gasteiger partial charge in [-0.1, -0.05) is 29.3 Å². The standard InChI is InChI=1S/C9H8Cl2O3/c10-6-2-1-5(7(11)4-6)3-8(12)9(13)14/h1-2,4,8,12H,3H2,(H,13,14). The highest BCUT2D eigenvalue weighted by molar-refractivity contribution is 6.35. The Balaban J connectivity index is 2.82. The summed E-state index contributed by atoms with van der Waals surface area (Å²) in [7, 11) is 0. The van der Waals surface area contributed by atoms with E-state index >= 15 is 0 Å². The first-order chi connectivity index (χ1) is 6.50. The number of aliphatic carboxylic acids is 1. The number of halogens is 2. The van der Waals surface area contributed by atoms with Gasteiger partial charge in [0.05, 0.1) is 0 Å². The van der Waals surface area contributed by atoms with Crippen molar-refractivity contribution in [1.82, 2.24) is 0 Å². The molecule has 0 fully saturated rings. The van der Waals surface area contributed by atoms with Crippen LogP contribution in [0.5, 0.6) is 0 Å². The Morgan fingerprint density at radius 3 is 2.57 bits per heavy atom. The third-order valence-electron chi connectivity index (χ3n) is 1.71. The summed E-state index contributed by atoms with van der Waals surface area (Å²) in [6.07, 6.45) is -1.46. The molecule has 0 aliphatic heterocycles. The minimum atomic E-state index is -1.44. The van der Waals surface area contributed by atoms with Gasteiger partial charge in [0.1, 0.15) is 0 Å². The van der Waals surface area contributed by atoms with Crippen molar-refractivity contribution in [1.29, 1.82) is 0 Å². The normalized spacial score (nSPS) is 12.5. The van der Waals surface area contributed by atoms with Gasteiger partial charge in [0, 0.05) is 16.5 Å². The van der Waals surface area contributed by atoms with Crippen molar-refractivity contribution in [3.05, 3.63) is 33.8 Å². The fraction of sp³-hybridized carbons (Fsp3) is 0.222. The lowest BCUT2D eigenvalue weighted by Gasteiger charge is -2.07. The van der Waals surface area contributed by atoms with E-state index < -0.39 is 12.1 Å². The molecule has 0 aromatic heterocycles. The minimum absolute atomic E-state index is 0.0225. The van der Waals surface area contributed by atoms with E-state index in [2.05, 4.69) is 0 Å². The van der Waals surface area contributed by atoms with Crippen LogP contribution >= 0.6 is 23.2 Å². The SMILES string of the molecule is O=C(O)C(O)Cc1ccc(Cl)cc1Cl. The number of carbonyl (C=O) groups is 1. The molecule has 0 aliphatic carbocycles. The van der Waals surface area contributed by atoms with Gasteiger partial charge in [0.15, 0.2) is 6.10 Å². The number of aliphatic hydroxyl groups excluding tert-OH is 1. The maximum Gasteiger partial charge on any atom is 0.332 e. The van der Waals surface area contributed by atoms with Gasteiger partial charge in [-0.05, 0) is 17.7 Å². The van der Waals surface area contributed by atoms with Crippen molar-refractivity contribution in [2.24, 2.45) is 0 Å². The Labute approximate surface area is 90.9 Å². The fourth-order valence-electron chi connectivity index (χ4n) is 0.983. The van der Waals surface area contributed by atoms with Crippen LogP contribution in [0.25, 0.3) is 0 Å². The second kappa shape index (κ2) is 4.64. The monoisotopic (exact) mass is 234 g/mol. The molecule has 5 heteroatoms. The highest BCUT2D eigenvalue weighted by atomic mass is 35.5. The van der Waals surface area contributed by atoms with E-state index in [4.69, 9.17) is 33.4 Å². The first-order valence-corrected chi connectivity index (χ1v) is 4.61. The molecule has 14 heavy (non-hydrogen) atoms. The Kier molecular flexibility index (Phi) is 3.75. The molecule has 3 nitrogen and oxygen atoms in total. The summed E-state index contributed by atoms with van der Waals surface area (Å²) >= 11 is 11.4. The molecule has 1 aromatic rings. The van der Waals surface area contributed by atoms with Crippen LogP contribution in [0.4, 0.5) is 0 Å². The maximum atomic E-state index is 10.4. The number of aliphatic hydroxyl groups is 1. The van der Waals surface area contributed by atoms with Gasteiger partial charge in [-0.2, -0.15) is 0 Å². The van der Waals surface area contributed by atoms with Crippen LogP contribution < -0.4 is 0 Å². The van der Waals surface area contributed by atoms with E-state index in [1.165, 1.54) is 6.07 Å². The summed E-state index contributed by atoms with van der Waals surface area (Å²) in [5.41, 5.74) is 0.561. The van der Waals surface area contributed by atoms with E-state index in [-0.39, 0.29) is 6.42 Å². The number of carboxylic acid groups (broad SMARTS) is 1. The highest BCUT2D eigenvalue weighted by Gasteiger charge is 2.15. The van der Waals surface area contributed by atoms with Crippen LogP contribution in [-0.2, 0) is 11.2 Å². The van der Waals surface area contributed by atoms with Gasteiger partial charge in [-0.3, -0.25) is 0 Å². The third kappa shape index (κ3) is 2.87. The summed E-state index contributed by atoms with van der Waals surface area (Å²) in [6.45, 7) is 0. The zero-order chi connectivity index (χ0) is 10.7. The van der Waals surface area contributed by atoms with Crippen LogP contribution in [0.3, 0.4) is 0 Å². The number of rotatable bonds is 3. The molecule has 0 amide bonds. The number of hydrogen-bond acceptors (Lipinski definition) is 2. The van der Waals surface area contributed by atoms with Crippen molar-refractivity contribution in [2.75, 3.05) is 0 Å². The molecule has 1 unspecified atom stereocenters. The summed E-state index contributed by atoms with van der Waals surface area (Å²) in [6, 6.07) is 4.70. The van der Waals surface area contributed by atoms with Gasteiger partial charge < -0.3 is 10.2 Å². The summed E-state index contributed by atoms with van der Waals surface area (Å²) in [4.78, 5) is 10.4. The van der Waals surface area contributed by atoms with Crippen molar-refractivity contribution >= 4 is 29.2 Å². The average molecular weight is 235 g/mol. The summed E-state index contributed by atoms with van der Waals surface area (Å²) in [5, 5.41) is 18.4. The molecule has 0 aliphatic rings. The summed E-state index contributed by atoms with van der Waals surface area (Å²) < 4.78 is 0. The molecule has 0 bridgehead atoms. The van der Waals surface area contributed by atoms with E-state index in [9.17, 15) is 4.79 Å². The maximum absolute atomic E-state index is 10.4. The van der Waals surface area contributed by atoms with Crippen molar-refractivity contribution in [2.45, 2.75) is 12.5 Å². The second-order valence-corrected chi connectivity index (χ2v) is 3.64. The van der Waals surface area contributed by atoms with Crippen molar-refractivity contribution < 1.29 is 15.0 Å². The lowest BCUT2D eigenvalue weighted by molar-refractivity contribution is -0.146. The summed E-state index contributed by atoms with van der Waals surface area (Å²) in [5.74, 6) is -1.27. The molecule has 76 valence electrons. The van der Waals surface area contributed by atoms with Crippen LogP contribution in [0.1, 0.15) is 5.56 Å².